The fraction of sp³-hybridized carbons (Fsp3) is 0.433. The van der Waals surface area contributed by atoms with Gasteiger partial charge in [-0.05, 0) is 80.3 Å². The largest absolute Gasteiger partial charge is 0.493 e. The van der Waals surface area contributed by atoms with Crippen molar-refractivity contribution in [3.63, 3.8) is 0 Å². The molecule has 0 saturated heterocycles. The molecule has 3 atom stereocenters. The molecule has 5 rings (SSSR count). The Morgan fingerprint density at radius 3 is 2.30 bits per heavy atom. The second kappa shape index (κ2) is 10.7. The standard InChI is InChI=1S/C30H32ClNO5/c1-17-27(30(34)37-22-6-4-5-7-22)28(18-8-11-21(31)12-9-18)29-23(32-17)14-20(15-24(29)33)19-10-13-25(35-2)26(16-19)36-3/h8-13,16,20,22,27-28H,4-7,14-15H2,1-3H3/t20-,27?,28+/m0/s1. The molecule has 1 saturated carbocycles. The Morgan fingerprint density at radius 1 is 0.946 bits per heavy atom. The number of allylic oxidation sites excluding steroid dienone is 2. The number of halogens is 1. The van der Waals surface area contributed by atoms with Crippen LogP contribution in [-0.4, -0.2) is 37.8 Å². The van der Waals surface area contributed by atoms with Gasteiger partial charge in [-0.15, -0.1) is 0 Å². The number of esters is 1. The van der Waals surface area contributed by atoms with Gasteiger partial charge in [0.2, 0.25) is 0 Å². The van der Waals surface area contributed by atoms with Crippen molar-refractivity contribution in [1.29, 1.82) is 0 Å². The summed E-state index contributed by atoms with van der Waals surface area (Å²) in [7, 11) is 3.20. The van der Waals surface area contributed by atoms with E-state index in [4.69, 9.17) is 30.8 Å². The van der Waals surface area contributed by atoms with Crippen LogP contribution in [0.1, 0.15) is 68.4 Å². The molecular weight excluding hydrogens is 490 g/mol. The Morgan fingerprint density at radius 2 is 1.62 bits per heavy atom. The Kier molecular flexibility index (Phi) is 7.38. The first-order valence-electron chi connectivity index (χ1n) is 12.9. The third kappa shape index (κ3) is 5.04. The van der Waals surface area contributed by atoms with Gasteiger partial charge in [-0.3, -0.25) is 14.6 Å². The van der Waals surface area contributed by atoms with E-state index in [1.54, 1.807) is 26.4 Å². The molecule has 1 unspecified atom stereocenters. The van der Waals surface area contributed by atoms with E-state index in [0.29, 0.717) is 40.6 Å². The highest BCUT2D eigenvalue weighted by atomic mass is 35.5. The SMILES string of the molecule is COc1ccc([C@@H]2CC(=O)C3=C(C2)N=C(C)C(C(=O)OC2CCCC2)[C@H]3c2ccc(Cl)cc2)cc1OC. The number of nitrogens with zero attached hydrogens (tertiary/aromatic N) is 1. The average Bonchev–Trinajstić information content (AvgIpc) is 3.40. The molecule has 2 aromatic rings. The molecule has 1 heterocycles. The molecule has 2 aliphatic carbocycles. The summed E-state index contributed by atoms with van der Waals surface area (Å²) < 4.78 is 16.8. The highest BCUT2D eigenvalue weighted by Crippen LogP contribution is 2.48. The smallest absolute Gasteiger partial charge is 0.315 e. The van der Waals surface area contributed by atoms with E-state index in [0.717, 1.165) is 42.5 Å². The topological polar surface area (TPSA) is 74.2 Å². The molecule has 0 bridgehead atoms. The molecule has 37 heavy (non-hydrogen) atoms. The lowest BCUT2D eigenvalue weighted by Gasteiger charge is -2.37. The van der Waals surface area contributed by atoms with Gasteiger partial charge >= 0.3 is 5.97 Å². The Hall–Kier alpha value is -3.12. The number of carbonyl (C=O) groups excluding carboxylic acids is 2. The van der Waals surface area contributed by atoms with Crippen molar-refractivity contribution in [2.75, 3.05) is 14.2 Å². The van der Waals surface area contributed by atoms with Gasteiger partial charge in [0.05, 0.1) is 14.2 Å². The van der Waals surface area contributed by atoms with Crippen LogP contribution < -0.4 is 9.47 Å². The number of rotatable bonds is 6. The summed E-state index contributed by atoms with van der Waals surface area (Å²) in [4.78, 5) is 32.2. The highest BCUT2D eigenvalue weighted by Gasteiger charge is 2.45. The molecule has 0 N–H and O–H groups in total. The van der Waals surface area contributed by atoms with Crippen LogP contribution in [0, 0.1) is 5.92 Å². The van der Waals surface area contributed by atoms with Crippen LogP contribution >= 0.6 is 11.6 Å². The predicted molar refractivity (Wildman–Crippen MR) is 143 cm³/mol. The molecule has 7 heteroatoms. The van der Waals surface area contributed by atoms with E-state index in [1.165, 1.54) is 0 Å². The maximum Gasteiger partial charge on any atom is 0.315 e. The fourth-order valence-corrected chi connectivity index (χ4v) is 6.11. The number of ether oxygens (including phenoxy) is 3. The minimum absolute atomic E-state index is 0.0101. The summed E-state index contributed by atoms with van der Waals surface area (Å²) in [5.41, 5.74) is 3.92. The molecule has 194 valence electrons. The van der Waals surface area contributed by atoms with E-state index >= 15 is 0 Å². The first kappa shape index (κ1) is 25.5. The lowest BCUT2D eigenvalue weighted by molar-refractivity contribution is -0.151. The zero-order valence-corrected chi connectivity index (χ0v) is 22.2. The van der Waals surface area contributed by atoms with Crippen molar-refractivity contribution in [2.24, 2.45) is 10.9 Å². The molecule has 1 aliphatic heterocycles. The number of carbonyl (C=O) groups is 2. The molecule has 1 fully saturated rings. The summed E-state index contributed by atoms with van der Waals surface area (Å²) in [5.74, 6) is -0.143. The first-order valence-corrected chi connectivity index (χ1v) is 13.3. The molecule has 6 nitrogen and oxygen atoms in total. The summed E-state index contributed by atoms with van der Waals surface area (Å²) in [5, 5.41) is 0.604. The van der Waals surface area contributed by atoms with Gasteiger partial charge < -0.3 is 14.2 Å². The van der Waals surface area contributed by atoms with Crippen molar-refractivity contribution in [3.8, 4) is 11.5 Å². The summed E-state index contributed by atoms with van der Waals surface area (Å²) in [6.07, 6.45) is 4.79. The summed E-state index contributed by atoms with van der Waals surface area (Å²) in [6, 6.07) is 13.2. The lowest BCUT2D eigenvalue weighted by Crippen LogP contribution is -2.39. The van der Waals surface area contributed by atoms with Gasteiger partial charge in [0.15, 0.2) is 17.3 Å². The van der Waals surface area contributed by atoms with E-state index in [9.17, 15) is 9.59 Å². The molecule has 0 spiro atoms. The Balaban J connectivity index is 1.52. The zero-order chi connectivity index (χ0) is 26.1. The Bertz CT molecular complexity index is 1260. The monoisotopic (exact) mass is 521 g/mol. The first-order chi connectivity index (χ1) is 17.9. The second-order valence-corrected chi connectivity index (χ2v) is 10.5. The van der Waals surface area contributed by atoms with Crippen LogP contribution in [0.4, 0.5) is 0 Å². The predicted octanol–water partition coefficient (Wildman–Crippen LogP) is 6.42. The minimum atomic E-state index is -0.637. The van der Waals surface area contributed by atoms with Gasteiger partial charge in [0.25, 0.3) is 0 Å². The number of aliphatic imine (C=N–C) groups is 1. The van der Waals surface area contributed by atoms with Crippen LogP contribution in [0.15, 0.2) is 58.7 Å². The highest BCUT2D eigenvalue weighted by molar-refractivity contribution is 6.30. The van der Waals surface area contributed by atoms with Gasteiger partial charge in [0, 0.05) is 34.3 Å². The van der Waals surface area contributed by atoms with Crippen LogP contribution in [0.25, 0.3) is 0 Å². The number of Topliss-reactive ketones (excluding diaryl/α,β-unsaturated/α-hetero) is 1. The van der Waals surface area contributed by atoms with Crippen LogP contribution in [0.2, 0.25) is 5.02 Å². The van der Waals surface area contributed by atoms with Gasteiger partial charge in [-0.1, -0.05) is 29.8 Å². The molecular formula is C30H32ClNO5. The summed E-state index contributed by atoms with van der Waals surface area (Å²) in [6.45, 7) is 1.87. The molecule has 0 amide bonds. The lowest BCUT2D eigenvalue weighted by atomic mass is 9.69. The maximum atomic E-state index is 13.8. The molecule has 2 aromatic carbocycles. The van der Waals surface area contributed by atoms with E-state index in [2.05, 4.69) is 0 Å². The van der Waals surface area contributed by atoms with Gasteiger partial charge in [-0.25, -0.2) is 0 Å². The van der Waals surface area contributed by atoms with E-state index in [-0.39, 0.29) is 23.8 Å². The normalized spacial score (nSPS) is 23.9. The Labute approximate surface area is 222 Å². The van der Waals surface area contributed by atoms with Crippen molar-refractivity contribution in [3.05, 3.63) is 69.9 Å². The second-order valence-electron chi connectivity index (χ2n) is 10.1. The van der Waals surface area contributed by atoms with Gasteiger partial charge in [-0.2, -0.15) is 0 Å². The van der Waals surface area contributed by atoms with E-state index in [1.807, 2.05) is 37.3 Å². The van der Waals surface area contributed by atoms with E-state index < -0.39 is 11.8 Å². The van der Waals surface area contributed by atoms with Gasteiger partial charge in [0.1, 0.15) is 12.0 Å². The molecule has 3 aliphatic rings. The summed E-state index contributed by atoms with van der Waals surface area (Å²) >= 11 is 6.18. The number of hydrogen-bond donors (Lipinski definition) is 0. The van der Waals surface area contributed by atoms with Crippen molar-refractivity contribution < 1.29 is 23.8 Å². The minimum Gasteiger partial charge on any atom is -0.493 e. The van der Waals surface area contributed by atoms with Crippen LogP contribution in [0.3, 0.4) is 0 Å². The maximum absolute atomic E-state index is 13.8. The quantitative estimate of drug-likeness (QED) is 0.410. The van der Waals surface area contributed by atoms with Crippen molar-refractivity contribution >= 4 is 29.1 Å². The number of ketones is 1. The fourth-order valence-electron chi connectivity index (χ4n) is 5.98. The number of benzene rings is 2. The molecule has 0 radical (unpaired) electrons. The number of hydrogen-bond acceptors (Lipinski definition) is 6. The molecule has 0 aromatic heterocycles. The van der Waals surface area contributed by atoms with Crippen LogP contribution in [-0.2, 0) is 14.3 Å². The number of methoxy groups -OCH3 is 2. The zero-order valence-electron chi connectivity index (χ0n) is 21.5. The third-order valence-electron chi connectivity index (χ3n) is 7.84. The average molecular weight is 522 g/mol. The third-order valence-corrected chi connectivity index (χ3v) is 8.09. The van der Waals surface area contributed by atoms with Crippen molar-refractivity contribution in [2.45, 2.75) is 63.4 Å². The van der Waals surface area contributed by atoms with Crippen LogP contribution in [0.5, 0.6) is 11.5 Å². The van der Waals surface area contributed by atoms with Crippen molar-refractivity contribution in [1.82, 2.24) is 0 Å².